The Hall–Kier alpha value is -2.14. The molecule has 5 nitrogen and oxygen atoms in total. The van der Waals surface area contributed by atoms with E-state index < -0.39 is 6.04 Å². The van der Waals surface area contributed by atoms with E-state index in [1.807, 2.05) is 18.2 Å². The third-order valence-electron chi connectivity index (χ3n) is 2.49. The summed E-state index contributed by atoms with van der Waals surface area (Å²) >= 11 is 0. The van der Waals surface area contributed by atoms with Crippen molar-refractivity contribution in [3.8, 4) is 0 Å². The first-order chi connectivity index (χ1) is 8.09. The van der Waals surface area contributed by atoms with Crippen LogP contribution in [0.4, 0.5) is 5.82 Å². The second kappa shape index (κ2) is 4.39. The molecule has 0 spiro atoms. The molecule has 0 saturated carbocycles. The van der Waals surface area contributed by atoms with Crippen LogP contribution in [0, 0.1) is 6.92 Å². The zero-order chi connectivity index (χ0) is 12.4. The number of rotatable bonds is 2. The van der Waals surface area contributed by atoms with Gasteiger partial charge in [-0.1, -0.05) is 30.3 Å². The van der Waals surface area contributed by atoms with Crippen molar-refractivity contribution in [3.63, 3.8) is 0 Å². The van der Waals surface area contributed by atoms with E-state index in [1.54, 1.807) is 25.1 Å². The summed E-state index contributed by atoms with van der Waals surface area (Å²) in [4.78, 5) is 12.1. The monoisotopic (exact) mass is 230 g/mol. The van der Waals surface area contributed by atoms with Gasteiger partial charge in [0.2, 0.25) is 0 Å². The average Bonchev–Trinajstić information content (AvgIpc) is 2.68. The molecule has 0 amide bonds. The number of hydrogen-bond donors (Lipinski definition) is 2. The highest BCUT2D eigenvalue weighted by Crippen LogP contribution is 2.14. The van der Waals surface area contributed by atoms with Crippen LogP contribution in [-0.2, 0) is 0 Å². The Bertz CT molecular complexity index is 533. The number of carbonyl (C=O) groups is 1. The summed E-state index contributed by atoms with van der Waals surface area (Å²) in [5.41, 5.74) is 13.0. The quantitative estimate of drug-likeness (QED) is 0.809. The number of aryl methyl sites for hydroxylation is 1. The number of nitrogens with two attached hydrogens (primary N) is 2. The molecular formula is C12H14N4O. The van der Waals surface area contributed by atoms with E-state index in [0.29, 0.717) is 11.5 Å². The average molecular weight is 230 g/mol. The van der Waals surface area contributed by atoms with Crippen LogP contribution in [0.25, 0.3) is 0 Å². The third-order valence-corrected chi connectivity index (χ3v) is 2.49. The summed E-state index contributed by atoms with van der Waals surface area (Å²) < 4.78 is 1.15. The molecule has 1 heterocycles. The Kier molecular flexibility index (Phi) is 2.93. The second-order valence-corrected chi connectivity index (χ2v) is 3.85. The fourth-order valence-corrected chi connectivity index (χ4v) is 1.63. The number of anilines is 1. The maximum Gasteiger partial charge on any atom is 0.270 e. The Morgan fingerprint density at radius 3 is 2.53 bits per heavy atom. The number of benzene rings is 1. The topological polar surface area (TPSA) is 86.9 Å². The van der Waals surface area contributed by atoms with Gasteiger partial charge >= 0.3 is 0 Å². The van der Waals surface area contributed by atoms with Crippen LogP contribution in [0.5, 0.6) is 0 Å². The van der Waals surface area contributed by atoms with Crippen LogP contribution in [0.2, 0.25) is 0 Å². The normalized spacial score (nSPS) is 12.4. The van der Waals surface area contributed by atoms with Gasteiger partial charge in [-0.05, 0) is 12.5 Å². The van der Waals surface area contributed by atoms with E-state index in [0.717, 1.165) is 10.2 Å². The van der Waals surface area contributed by atoms with Crippen LogP contribution in [0.1, 0.15) is 22.1 Å². The maximum absolute atomic E-state index is 12.1. The molecule has 0 fully saturated rings. The van der Waals surface area contributed by atoms with Gasteiger partial charge in [0.05, 0.1) is 5.69 Å². The minimum absolute atomic E-state index is 0.305. The molecule has 0 aliphatic carbocycles. The third kappa shape index (κ3) is 2.19. The van der Waals surface area contributed by atoms with Gasteiger partial charge in [-0.15, -0.1) is 0 Å². The van der Waals surface area contributed by atoms with Crippen molar-refractivity contribution in [1.29, 1.82) is 0 Å². The zero-order valence-electron chi connectivity index (χ0n) is 9.50. The smallest absolute Gasteiger partial charge is 0.270 e. The predicted octanol–water partition coefficient (Wildman–Crippen LogP) is 1.11. The molecule has 0 aliphatic rings. The largest absolute Gasteiger partial charge is 0.383 e. The molecule has 1 aromatic heterocycles. The molecule has 1 atom stereocenters. The molecule has 0 saturated heterocycles. The van der Waals surface area contributed by atoms with Crippen molar-refractivity contribution in [2.75, 3.05) is 5.73 Å². The van der Waals surface area contributed by atoms with E-state index >= 15 is 0 Å². The van der Waals surface area contributed by atoms with Crippen LogP contribution in [0.3, 0.4) is 0 Å². The predicted molar refractivity (Wildman–Crippen MR) is 65.4 cm³/mol. The molecule has 17 heavy (non-hydrogen) atoms. The lowest BCUT2D eigenvalue weighted by atomic mass is 10.1. The van der Waals surface area contributed by atoms with Crippen molar-refractivity contribution >= 4 is 11.7 Å². The van der Waals surface area contributed by atoms with Crippen LogP contribution in [-0.4, -0.2) is 15.7 Å². The van der Waals surface area contributed by atoms with Gasteiger partial charge in [-0.2, -0.15) is 9.78 Å². The van der Waals surface area contributed by atoms with Crippen molar-refractivity contribution in [2.45, 2.75) is 13.0 Å². The molecule has 1 aromatic carbocycles. The lowest BCUT2D eigenvalue weighted by Gasteiger charge is -2.11. The molecule has 0 bridgehead atoms. The Labute approximate surface area is 99.0 Å². The van der Waals surface area contributed by atoms with E-state index in [-0.39, 0.29) is 5.91 Å². The number of nitrogens with zero attached hydrogens (tertiary/aromatic N) is 2. The van der Waals surface area contributed by atoms with E-state index in [1.165, 1.54) is 0 Å². The summed E-state index contributed by atoms with van der Waals surface area (Å²) in [5.74, 6) is -0.0271. The fraction of sp³-hybridized carbons (Fsp3) is 0.167. The fourth-order valence-electron chi connectivity index (χ4n) is 1.63. The first kappa shape index (κ1) is 11.3. The van der Waals surface area contributed by atoms with Gasteiger partial charge < -0.3 is 11.5 Å². The Balaban J connectivity index is 2.30. The number of carbonyl (C=O) groups excluding carboxylic acids is 1. The summed E-state index contributed by atoms with van der Waals surface area (Å²) in [7, 11) is 0. The van der Waals surface area contributed by atoms with Gasteiger partial charge in [0.15, 0.2) is 0 Å². The first-order valence-electron chi connectivity index (χ1n) is 5.26. The highest BCUT2D eigenvalue weighted by Gasteiger charge is 2.20. The van der Waals surface area contributed by atoms with Crippen molar-refractivity contribution in [1.82, 2.24) is 9.78 Å². The van der Waals surface area contributed by atoms with Gasteiger partial charge in [-0.3, -0.25) is 4.79 Å². The summed E-state index contributed by atoms with van der Waals surface area (Å²) in [5, 5.41) is 4.02. The lowest BCUT2D eigenvalue weighted by molar-refractivity contribution is 0.0866. The highest BCUT2D eigenvalue weighted by molar-refractivity contribution is 5.86. The molecule has 4 N–H and O–H groups in total. The Morgan fingerprint density at radius 2 is 2.00 bits per heavy atom. The van der Waals surface area contributed by atoms with Crippen LogP contribution < -0.4 is 11.5 Å². The minimum atomic E-state index is -0.752. The number of aromatic nitrogens is 2. The molecule has 2 aromatic rings. The summed E-state index contributed by atoms with van der Waals surface area (Å²) in [6.07, 6.45) is 0. The standard InChI is InChI=1S/C12H14N4O/c1-8-7-10(13)16(15-8)12(17)11(14)9-5-3-2-4-6-9/h2-7,11H,13-14H2,1H3. The molecule has 1 unspecified atom stereocenters. The first-order valence-corrected chi connectivity index (χ1v) is 5.26. The Morgan fingerprint density at radius 1 is 1.35 bits per heavy atom. The van der Waals surface area contributed by atoms with E-state index in [2.05, 4.69) is 5.10 Å². The number of hydrogen-bond acceptors (Lipinski definition) is 4. The van der Waals surface area contributed by atoms with E-state index in [9.17, 15) is 4.79 Å². The maximum atomic E-state index is 12.1. The molecular weight excluding hydrogens is 216 g/mol. The van der Waals surface area contributed by atoms with E-state index in [4.69, 9.17) is 11.5 Å². The SMILES string of the molecule is Cc1cc(N)n(C(=O)C(N)c2ccccc2)n1. The van der Waals surface area contributed by atoms with Crippen molar-refractivity contribution in [3.05, 3.63) is 47.7 Å². The van der Waals surface area contributed by atoms with Crippen molar-refractivity contribution in [2.24, 2.45) is 5.73 Å². The van der Waals surface area contributed by atoms with Crippen LogP contribution in [0.15, 0.2) is 36.4 Å². The molecule has 5 heteroatoms. The highest BCUT2D eigenvalue weighted by atomic mass is 16.2. The molecule has 0 radical (unpaired) electrons. The van der Waals surface area contributed by atoms with Gasteiger partial charge in [0.25, 0.3) is 5.91 Å². The second-order valence-electron chi connectivity index (χ2n) is 3.85. The van der Waals surface area contributed by atoms with Gasteiger partial charge in [0.1, 0.15) is 11.9 Å². The number of nitrogen functional groups attached to an aromatic ring is 1. The van der Waals surface area contributed by atoms with Crippen LogP contribution >= 0.6 is 0 Å². The lowest BCUT2D eigenvalue weighted by Crippen LogP contribution is -2.28. The molecule has 88 valence electrons. The summed E-state index contributed by atoms with van der Waals surface area (Å²) in [6, 6.07) is 10.0. The van der Waals surface area contributed by atoms with Crippen molar-refractivity contribution < 1.29 is 4.79 Å². The minimum Gasteiger partial charge on any atom is -0.383 e. The van der Waals surface area contributed by atoms with Gasteiger partial charge in [-0.25, -0.2) is 0 Å². The molecule has 2 rings (SSSR count). The zero-order valence-corrected chi connectivity index (χ0v) is 9.50. The summed E-state index contributed by atoms with van der Waals surface area (Å²) in [6.45, 7) is 1.77. The van der Waals surface area contributed by atoms with Gasteiger partial charge in [0, 0.05) is 6.07 Å². The molecule has 0 aliphatic heterocycles.